The molecule has 2 nitrogen and oxygen atoms in total. The molecule has 2 unspecified atom stereocenters. The predicted octanol–water partition coefficient (Wildman–Crippen LogP) is 3.95. The lowest BCUT2D eigenvalue weighted by atomic mass is 9.80. The summed E-state index contributed by atoms with van der Waals surface area (Å²) in [4.78, 5) is 2.92. The molecule has 0 amide bonds. The maximum atomic E-state index is 3.71. The quantitative estimate of drug-likeness (QED) is 0.819. The average molecular weight is 278 g/mol. The van der Waals surface area contributed by atoms with Crippen molar-refractivity contribution in [2.75, 3.05) is 13.1 Å². The van der Waals surface area contributed by atoms with E-state index in [9.17, 15) is 0 Å². The van der Waals surface area contributed by atoms with Gasteiger partial charge in [-0.25, -0.2) is 0 Å². The van der Waals surface area contributed by atoms with Crippen molar-refractivity contribution in [2.24, 2.45) is 5.92 Å². The van der Waals surface area contributed by atoms with Gasteiger partial charge in [0.1, 0.15) is 0 Å². The summed E-state index contributed by atoms with van der Waals surface area (Å²) in [7, 11) is 0. The van der Waals surface area contributed by atoms with Crippen LogP contribution in [0.3, 0.4) is 0 Å². The SMILES string of the molecule is CCNC1CC2CCCC(C1)N2CCC1CCCCC1. The molecule has 1 N–H and O–H groups in total. The lowest BCUT2D eigenvalue weighted by Gasteiger charge is -2.49. The zero-order chi connectivity index (χ0) is 13.8. The highest BCUT2D eigenvalue weighted by Crippen LogP contribution is 2.35. The van der Waals surface area contributed by atoms with Crippen LogP contribution < -0.4 is 5.32 Å². The van der Waals surface area contributed by atoms with Crippen LogP contribution in [0.1, 0.15) is 77.6 Å². The van der Waals surface area contributed by atoms with E-state index in [0.717, 1.165) is 30.6 Å². The summed E-state index contributed by atoms with van der Waals surface area (Å²) >= 11 is 0. The summed E-state index contributed by atoms with van der Waals surface area (Å²) in [5.74, 6) is 1.05. The monoisotopic (exact) mass is 278 g/mol. The van der Waals surface area contributed by atoms with Crippen LogP contribution >= 0.6 is 0 Å². The molecule has 1 aliphatic carbocycles. The van der Waals surface area contributed by atoms with Gasteiger partial charge in [-0.2, -0.15) is 0 Å². The molecular formula is C18H34N2. The van der Waals surface area contributed by atoms with Crippen LogP contribution in [-0.2, 0) is 0 Å². The summed E-state index contributed by atoms with van der Waals surface area (Å²) in [6.45, 7) is 4.80. The van der Waals surface area contributed by atoms with E-state index in [1.54, 1.807) is 0 Å². The lowest BCUT2D eigenvalue weighted by molar-refractivity contribution is 0.0194. The maximum Gasteiger partial charge on any atom is 0.0113 e. The molecule has 3 fully saturated rings. The van der Waals surface area contributed by atoms with E-state index in [-0.39, 0.29) is 0 Å². The smallest absolute Gasteiger partial charge is 0.0113 e. The summed E-state index contributed by atoms with van der Waals surface area (Å²) in [5, 5.41) is 3.71. The molecule has 2 bridgehead atoms. The largest absolute Gasteiger partial charge is 0.314 e. The zero-order valence-corrected chi connectivity index (χ0v) is 13.4. The van der Waals surface area contributed by atoms with Crippen molar-refractivity contribution >= 4 is 0 Å². The standard InChI is InChI=1S/C18H34N2/c1-2-19-16-13-17-9-6-10-18(14-16)20(17)12-11-15-7-4-3-5-8-15/h15-19H,2-14H2,1H3. The molecule has 0 aromatic heterocycles. The fourth-order valence-corrected chi connectivity index (χ4v) is 5.11. The Hall–Kier alpha value is -0.0800. The molecule has 2 atom stereocenters. The van der Waals surface area contributed by atoms with Crippen molar-refractivity contribution in [1.29, 1.82) is 0 Å². The molecular weight excluding hydrogens is 244 g/mol. The van der Waals surface area contributed by atoms with E-state index >= 15 is 0 Å². The number of hydrogen-bond acceptors (Lipinski definition) is 2. The minimum Gasteiger partial charge on any atom is -0.314 e. The average Bonchev–Trinajstić information content (AvgIpc) is 2.46. The predicted molar refractivity (Wildman–Crippen MR) is 86.0 cm³/mol. The van der Waals surface area contributed by atoms with E-state index in [4.69, 9.17) is 0 Å². The summed E-state index contributed by atoms with van der Waals surface area (Å²) in [6.07, 6.45) is 16.2. The summed E-state index contributed by atoms with van der Waals surface area (Å²) < 4.78 is 0. The molecule has 2 heteroatoms. The van der Waals surface area contributed by atoms with Gasteiger partial charge in [-0.3, -0.25) is 4.90 Å². The van der Waals surface area contributed by atoms with Crippen LogP contribution in [0.2, 0.25) is 0 Å². The van der Waals surface area contributed by atoms with Crippen molar-refractivity contribution in [3.8, 4) is 0 Å². The van der Waals surface area contributed by atoms with Crippen molar-refractivity contribution in [3.05, 3.63) is 0 Å². The number of nitrogens with zero attached hydrogens (tertiary/aromatic N) is 1. The Morgan fingerprint density at radius 3 is 2.25 bits per heavy atom. The molecule has 2 saturated heterocycles. The Morgan fingerprint density at radius 1 is 0.900 bits per heavy atom. The third-order valence-corrected chi connectivity index (χ3v) is 6.14. The van der Waals surface area contributed by atoms with Crippen molar-refractivity contribution in [2.45, 2.75) is 95.7 Å². The Bertz CT molecular complexity index is 271. The highest BCUT2D eigenvalue weighted by Gasteiger charge is 2.37. The molecule has 0 spiro atoms. The Balaban J connectivity index is 1.51. The van der Waals surface area contributed by atoms with Crippen LogP contribution in [0.25, 0.3) is 0 Å². The van der Waals surface area contributed by atoms with Crippen molar-refractivity contribution in [1.82, 2.24) is 10.2 Å². The minimum atomic E-state index is 0.807. The van der Waals surface area contributed by atoms with Gasteiger partial charge in [0.05, 0.1) is 0 Å². The van der Waals surface area contributed by atoms with Crippen LogP contribution in [-0.4, -0.2) is 36.1 Å². The second kappa shape index (κ2) is 7.26. The third-order valence-electron chi connectivity index (χ3n) is 6.14. The minimum absolute atomic E-state index is 0.807. The van der Waals surface area contributed by atoms with Crippen molar-refractivity contribution in [3.63, 3.8) is 0 Å². The number of nitrogens with one attached hydrogen (secondary N) is 1. The molecule has 3 rings (SSSR count). The second-order valence-electron chi connectivity index (χ2n) is 7.50. The first-order valence-electron chi connectivity index (χ1n) is 9.36. The topological polar surface area (TPSA) is 15.3 Å². The van der Waals surface area contributed by atoms with Crippen molar-refractivity contribution < 1.29 is 0 Å². The molecule has 2 heterocycles. The Labute approximate surface area is 125 Å². The number of hydrogen-bond donors (Lipinski definition) is 1. The van der Waals surface area contributed by atoms with E-state index in [0.29, 0.717) is 0 Å². The van der Waals surface area contributed by atoms with Crippen LogP contribution in [0.15, 0.2) is 0 Å². The van der Waals surface area contributed by atoms with Gasteiger partial charge < -0.3 is 5.32 Å². The molecule has 20 heavy (non-hydrogen) atoms. The van der Waals surface area contributed by atoms with Gasteiger partial charge in [0.25, 0.3) is 0 Å². The fourth-order valence-electron chi connectivity index (χ4n) is 5.11. The van der Waals surface area contributed by atoms with Gasteiger partial charge in [0.2, 0.25) is 0 Å². The van der Waals surface area contributed by atoms with Gasteiger partial charge in [-0.15, -0.1) is 0 Å². The molecule has 0 aromatic carbocycles. The summed E-state index contributed by atoms with van der Waals surface area (Å²) in [6, 6.07) is 2.60. The normalized spacial score (nSPS) is 36.1. The molecule has 2 aliphatic heterocycles. The van der Waals surface area contributed by atoms with Gasteiger partial charge in [0.15, 0.2) is 0 Å². The highest BCUT2D eigenvalue weighted by atomic mass is 15.2. The maximum absolute atomic E-state index is 3.71. The van der Waals surface area contributed by atoms with Gasteiger partial charge in [-0.05, 0) is 51.1 Å². The number of rotatable bonds is 5. The highest BCUT2D eigenvalue weighted by molar-refractivity contribution is 4.95. The summed E-state index contributed by atoms with van der Waals surface area (Å²) in [5.41, 5.74) is 0. The van der Waals surface area contributed by atoms with E-state index < -0.39 is 0 Å². The first-order valence-corrected chi connectivity index (χ1v) is 9.36. The van der Waals surface area contributed by atoms with Crippen LogP contribution in [0.5, 0.6) is 0 Å². The number of fused-ring (bicyclic) bond motifs is 2. The lowest BCUT2D eigenvalue weighted by Crippen LogP contribution is -2.56. The van der Waals surface area contributed by atoms with E-state index in [1.165, 1.54) is 77.2 Å². The Kier molecular flexibility index (Phi) is 5.39. The van der Waals surface area contributed by atoms with E-state index in [1.807, 2.05) is 0 Å². The molecule has 0 radical (unpaired) electrons. The number of piperidine rings is 2. The van der Waals surface area contributed by atoms with E-state index in [2.05, 4.69) is 17.1 Å². The van der Waals surface area contributed by atoms with Crippen LogP contribution in [0, 0.1) is 5.92 Å². The van der Waals surface area contributed by atoms with Gasteiger partial charge in [0, 0.05) is 18.1 Å². The molecule has 0 aromatic rings. The molecule has 1 saturated carbocycles. The molecule has 3 aliphatic rings. The Morgan fingerprint density at radius 2 is 1.60 bits per heavy atom. The second-order valence-corrected chi connectivity index (χ2v) is 7.50. The van der Waals surface area contributed by atoms with Crippen LogP contribution in [0.4, 0.5) is 0 Å². The fraction of sp³-hybridized carbons (Fsp3) is 1.00. The molecule has 116 valence electrons. The zero-order valence-electron chi connectivity index (χ0n) is 13.4. The first-order chi connectivity index (χ1) is 9.86. The van der Waals surface area contributed by atoms with Gasteiger partial charge in [-0.1, -0.05) is 45.4 Å². The first kappa shape index (κ1) is 14.8. The van der Waals surface area contributed by atoms with Gasteiger partial charge >= 0.3 is 0 Å². The third kappa shape index (κ3) is 3.57.